The van der Waals surface area contributed by atoms with E-state index in [2.05, 4.69) is 15.9 Å². The average molecular weight is 359 g/mol. The maximum Gasteiger partial charge on any atom is 0.349 e. The summed E-state index contributed by atoms with van der Waals surface area (Å²) in [6, 6.07) is 5.24. The minimum Gasteiger partial charge on any atom is -0.463 e. The zero-order valence-electron chi connectivity index (χ0n) is 11.6. The van der Waals surface area contributed by atoms with Gasteiger partial charge in [-0.1, -0.05) is 22.0 Å². The normalized spacial score (nSPS) is 15.2. The zero-order chi connectivity index (χ0) is 15.4. The minimum atomic E-state index is -1.07. The highest BCUT2D eigenvalue weighted by atomic mass is 79.9. The van der Waals surface area contributed by atoms with Crippen LogP contribution in [0, 0.1) is 0 Å². The molecule has 1 heterocycles. The van der Waals surface area contributed by atoms with Crippen molar-refractivity contribution in [1.29, 1.82) is 0 Å². The summed E-state index contributed by atoms with van der Waals surface area (Å²) >= 11 is 3.39. The van der Waals surface area contributed by atoms with E-state index < -0.39 is 22.9 Å². The van der Waals surface area contributed by atoms with Crippen molar-refractivity contribution in [2.45, 2.75) is 24.8 Å². The average Bonchev–Trinajstić information content (AvgIpc) is 2.91. The van der Waals surface area contributed by atoms with Gasteiger partial charge < -0.3 is 18.9 Å². The van der Waals surface area contributed by atoms with Crippen LogP contribution in [0.4, 0.5) is 0 Å². The molecule has 2 atom stereocenters. The number of carbonyl (C=O) groups is 2. The molecule has 0 aromatic heterocycles. The fraction of sp³-hybridized carbons (Fsp3) is 0.429. The summed E-state index contributed by atoms with van der Waals surface area (Å²) in [5.41, 5.74) is 0.721. The Morgan fingerprint density at radius 1 is 1.33 bits per heavy atom. The number of ether oxygens (including phenoxy) is 4. The van der Waals surface area contributed by atoms with E-state index in [0.717, 1.165) is 5.56 Å². The van der Waals surface area contributed by atoms with Crippen LogP contribution >= 0.6 is 15.9 Å². The summed E-state index contributed by atoms with van der Waals surface area (Å²) < 4.78 is 20.5. The number of rotatable bonds is 5. The molecule has 6 nitrogen and oxygen atoms in total. The van der Waals surface area contributed by atoms with E-state index >= 15 is 0 Å². The second-order valence-electron chi connectivity index (χ2n) is 4.30. The lowest BCUT2D eigenvalue weighted by Crippen LogP contribution is -2.32. The van der Waals surface area contributed by atoms with Crippen molar-refractivity contribution in [1.82, 2.24) is 0 Å². The molecule has 0 spiro atoms. The topological polar surface area (TPSA) is 71.1 Å². The van der Waals surface area contributed by atoms with Crippen molar-refractivity contribution < 1.29 is 28.5 Å². The number of esters is 2. The molecule has 0 N–H and O–H groups in total. The third-order valence-corrected chi connectivity index (χ3v) is 3.80. The second kappa shape index (κ2) is 6.80. The molecule has 1 aromatic rings. The first kappa shape index (κ1) is 15.6. The number of hydrogen-bond donors (Lipinski definition) is 0. The molecule has 0 bridgehead atoms. The van der Waals surface area contributed by atoms with Crippen LogP contribution in [0.5, 0.6) is 11.5 Å². The zero-order valence-corrected chi connectivity index (χ0v) is 13.2. The minimum absolute atomic E-state index is 0.164. The smallest absolute Gasteiger partial charge is 0.349 e. The summed E-state index contributed by atoms with van der Waals surface area (Å²) in [4.78, 5) is 22.6. The number of carbonyl (C=O) groups excluding carboxylic acids is 2. The fourth-order valence-electron chi connectivity index (χ4n) is 1.89. The van der Waals surface area contributed by atoms with Gasteiger partial charge in [-0.25, -0.2) is 4.79 Å². The molecule has 114 valence electrons. The first-order valence-corrected chi connectivity index (χ1v) is 7.32. The first-order chi connectivity index (χ1) is 10.0. The predicted octanol–water partition coefficient (Wildman–Crippen LogP) is 2.35. The molecule has 0 aliphatic carbocycles. The molecule has 7 heteroatoms. The maximum absolute atomic E-state index is 11.9. The Morgan fingerprint density at radius 2 is 2.05 bits per heavy atom. The van der Waals surface area contributed by atoms with Crippen molar-refractivity contribution in [2.75, 3.05) is 13.4 Å². The number of halogens is 1. The molecule has 1 aromatic carbocycles. The third-order valence-electron chi connectivity index (χ3n) is 2.79. The highest BCUT2D eigenvalue weighted by molar-refractivity contribution is 9.09. The van der Waals surface area contributed by atoms with Crippen LogP contribution in [-0.4, -0.2) is 31.4 Å². The highest BCUT2D eigenvalue weighted by Crippen LogP contribution is 2.38. The lowest BCUT2D eigenvalue weighted by Gasteiger charge is -2.21. The molecule has 21 heavy (non-hydrogen) atoms. The van der Waals surface area contributed by atoms with E-state index in [-0.39, 0.29) is 13.4 Å². The SMILES string of the molecule is CCOC(=O)[C@H](OC(C)=O)[C@H](Br)c1ccc2c(c1)OCO2. The Bertz CT molecular complexity index is 544. The van der Waals surface area contributed by atoms with Gasteiger partial charge in [-0.2, -0.15) is 0 Å². The Balaban J connectivity index is 2.22. The van der Waals surface area contributed by atoms with Crippen LogP contribution in [0.3, 0.4) is 0 Å². The van der Waals surface area contributed by atoms with Crippen molar-refractivity contribution in [3.8, 4) is 11.5 Å². The summed E-state index contributed by atoms with van der Waals surface area (Å²) in [7, 11) is 0. The van der Waals surface area contributed by atoms with Gasteiger partial charge in [0.2, 0.25) is 12.9 Å². The van der Waals surface area contributed by atoms with Gasteiger partial charge >= 0.3 is 11.9 Å². The van der Waals surface area contributed by atoms with E-state index in [0.29, 0.717) is 11.5 Å². The molecular weight excluding hydrogens is 344 g/mol. The second-order valence-corrected chi connectivity index (χ2v) is 5.28. The first-order valence-electron chi connectivity index (χ1n) is 6.40. The molecule has 0 unspecified atom stereocenters. The van der Waals surface area contributed by atoms with Gasteiger partial charge in [0.25, 0.3) is 0 Å². The summed E-state index contributed by atoms with van der Waals surface area (Å²) in [5.74, 6) is 0.0616. The third kappa shape index (κ3) is 3.66. The molecule has 2 rings (SSSR count). The molecule has 0 radical (unpaired) electrons. The van der Waals surface area contributed by atoms with Crippen LogP contribution < -0.4 is 9.47 Å². The molecule has 1 aliphatic rings. The number of fused-ring (bicyclic) bond motifs is 1. The van der Waals surface area contributed by atoms with E-state index in [1.807, 2.05) is 0 Å². The summed E-state index contributed by atoms with van der Waals surface area (Å²) in [6.07, 6.45) is -1.07. The molecule has 0 saturated heterocycles. The predicted molar refractivity (Wildman–Crippen MR) is 76.4 cm³/mol. The van der Waals surface area contributed by atoms with Crippen LogP contribution in [-0.2, 0) is 19.1 Å². The lowest BCUT2D eigenvalue weighted by molar-refractivity contribution is -0.166. The standard InChI is InChI=1S/C14H15BrO6/c1-3-18-14(17)13(21-8(2)16)12(15)9-4-5-10-11(6-9)20-7-19-10/h4-6,12-13H,3,7H2,1-2H3/t12-,13-/m1/s1. The van der Waals surface area contributed by atoms with Crippen LogP contribution in [0.15, 0.2) is 18.2 Å². The van der Waals surface area contributed by atoms with Gasteiger partial charge in [-0.05, 0) is 24.6 Å². The summed E-state index contributed by atoms with van der Waals surface area (Å²) in [6.45, 7) is 3.30. The molecule has 0 amide bonds. The quantitative estimate of drug-likeness (QED) is 0.594. The number of benzene rings is 1. The molecular formula is C14H15BrO6. The summed E-state index contributed by atoms with van der Waals surface area (Å²) in [5, 5.41) is 0. The highest BCUT2D eigenvalue weighted by Gasteiger charge is 2.33. The van der Waals surface area contributed by atoms with Crippen LogP contribution in [0.1, 0.15) is 24.2 Å². The monoisotopic (exact) mass is 358 g/mol. The van der Waals surface area contributed by atoms with Gasteiger partial charge in [0.05, 0.1) is 11.4 Å². The Labute approximate surface area is 130 Å². The molecule has 0 fully saturated rings. The van der Waals surface area contributed by atoms with Gasteiger partial charge in [-0.15, -0.1) is 0 Å². The van der Waals surface area contributed by atoms with Crippen LogP contribution in [0.2, 0.25) is 0 Å². The Hall–Kier alpha value is -1.76. The van der Waals surface area contributed by atoms with Crippen molar-refractivity contribution >= 4 is 27.9 Å². The van der Waals surface area contributed by atoms with Gasteiger partial charge in [-0.3, -0.25) is 4.79 Å². The van der Waals surface area contributed by atoms with Gasteiger partial charge in [0.15, 0.2) is 11.5 Å². The van der Waals surface area contributed by atoms with Crippen molar-refractivity contribution in [3.05, 3.63) is 23.8 Å². The maximum atomic E-state index is 11.9. The molecule has 0 saturated carbocycles. The van der Waals surface area contributed by atoms with Crippen molar-refractivity contribution in [3.63, 3.8) is 0 Å². The van der Waals surface area contributed by atoms with E-state index in [9.17, 15) is 9.59 Å². The Morgan fingerprint density at radius 3 is 2.71 bits per heavy atom. The van der Waals surface area contributed by atoms with Gasteiger partial charge in [0.1, 0.15) is 0 Å². The van der Waals surface area contributed by atoms with E-state index in [1.165, 1.54) is 6.92 Å². The van der Waals surface area contributed by atoms with E-state index in [1.54, 1.807) is 25.1 Å². The molecule has 1 aliphatic heterocycles. The van der Waals surface area contributed by atoms with Gasteiger partial charge in [0, 0.05) is 6.92 Å². The number of hydrogen-bond acceptors (Lipinski definition) is 6. The largest absolute Gasteiger partial charge is 0.463 e. The van der Waals surface area contributed by atoms with E-state index in [4.69, 9.17) is 18.9 Å². The number of alkyl halides is 1. The fourth-order valence-corrected chi connectivity index (χ4v) is 2.50. The van der Waals surface area contributed by atoms with Crippen LogP contribution in [0.25, 0.3) is 0 Å². The Kier molecular flexibility index (Phi) is 5.06. The lowest BCUT2D eigenvalue weighted by atomic mass is 10.1. The van der Waals surface area contributed by atoms with Crippen molar-refractivity contribution in [2.24, 2.45) is 0 Å².